The third-order valence-electron chi connectivity index (χ3n) is 5.28. The van der Waals surface area contributed by atoms with E-state index in [0.717, 1.165) is 6.07 Å². The number of aromatic amines is 1. The number of benzene rings is 1. The van der Waals surface area contributed by atoms with Crippen molar-refractivity contribution in [3.63, 3.8) is 0 Å². The summed E-state index contributed by atoms with van der Waals surface area (Å²) in [5.41, 5.74) is -0.895. The molecule has 2 aromatic rings. The van der Waals surface area contributed by atoms with Crippen molar-refractivity contribution in [1.29, 1.82) is 0 Å². The first-order chi connectivity index (χ1) is 13.9. The summed E-state index contributed by atoms with van der Waals surface area (Å²) in [6, 6.07) is 5.04. The lowest BCUT2D eigenvalue weighted by atomic mass is 9.92. The lowest BCUT2D eigenvalue weighted by Crippen LogP contribution is -2.46. The number of carbonyl (C=O) groups is 1. The third-order valence-corrected chi connectivity index (χ3v) is 5.52. The molecular weight excluding hydrogens is 425 g/mol. The number of hydrogen-bond acceptors (Lipinski definition) is 3. The number of nitrogens with one attached hydrogen (secondary N) is 2. The van der Waals surface area contributed by atoms with E-state index >= 15 is 0 Å². The van der Waals surface area contributed by atoms with Gasteiger partial charge in [-0.1, -0.05) is 19.1 Å². The van der Waals surface area contributed by atoms with Crippen LogP contribution in [-0.2, 0) is 6.18 Å². The average Bonchev–Trinajstić information content (AvgIpc) is 2.62. The number of H-pyrrole nitrogens is 1. The Morgan fingerprint density at radius 1 is 1.30 bits per heavy atom. The molecule has 0 bridgehead atoms. The second-order valence-electron chi connectivity index (χ2n) is 7.38. The minimum Gasteiger partial charge on any atom is -0.370 e. The largest absolute Gasteiger partial charge is 0.416 e. The number of alkyl halides is 5. The molecule has 1 aromatic heterocycles. The van der Waals surface area contributed by atoms with Crippen LogP contribution in [0.3, 0.4) is 0 Å². The highest BCUT2D eigenvalue weighted by Crippen LogP contribution is 2.40. The molecule has 1 aromatic carbocycles. The fourth-order valence-electron chi connectivity index (χ4n) is 3.58. The van der Waals surface area contributed by atoms with Gasteiger partial charge in [0.05, 0.1) is 11.1 Å². The van der Waals surface area contributed by atoms with E-state index in [1.165, 1.54) is 38.2 Å². The number of anilines is 2. The predicted molar refractivity (Wildman–Crippen MR) is 107 cm³/mol. The van der Waals surface area contributed by atoms with Crippen LogP contribution in [0.4, 0.5) is 33.3 Å². The summed E-state index contributed by atoms with van der Waals surface area (Å²) < 4.78 is 68.5. The van der Waals surface area contributed by atoms with E-state index in [-0.39, 0.29) is 29.9 Å². The van der Waals surface area contributed by atoms with Gasteiger partial charge in [0, 0.05) is 43.0 Å². The van der Waals surface area contributed by atoms with Crippen LogP contribution in [-0.4, -0.2) is 29.9 Å². The SMILES string of the molecule is Cc1c(C(F)(F)F)ccc(N2CCC(F)(F)C(C)C2)c1C(=O)Nc1cc[nH]c(=S)c1. The minimum atomic E-state index is -4.66. The summed E-state index contributed by atoms with van der Waals surface area (Å²) in [6.45, 7) is 2.45. The Kier molecular flexibility index (Phi) is 5.90. The van der Waals surface area contributed by atoms with E-state index in [1.807, 2.05) is 0 Å². The van der Waals surface area contributed by atoms with Crippen LogP contribution >= 0.6 is 12.2 Å². The normalized spacial score (nSPS) is 18.9. The fourth-order valence-corrected chi connectivity index (χ4v) is 3.77. The Morgan fingerprint density at radius 3 is 2.60 bits per heavy atom. The van der Waals surface area contributed by atoms with Crippen molar-refractivity contribution in [2.75, 3.05) is 23.3 Å². The van der Waals surface area contributed by atoms with Gasteiger partial charge in [-0.2, -0.15) is 13.2 Å². The first kappa shape index (κ1) is 22.2. The van der Waals surface area contributed by atoms with Gasteiger partial charge in [-0.15, -0.1) is 0 Å². The maximum absolute atomic E-state index is 13.9. The first-order valence-electron chi connectivity index (χ1n) is 9.24. The fraction of sp³-hybridized carbons (Fsp3) is 0.400. The van der Waals surface area contributed by atoms with Crippen molar-refractivity contribution in [2.45, 2.75) is 32.4 Å². The molecule has 0 radical (unpaired) electrons. The molecule has 0 spiro atoms. The van der Waals surface area contributed by atoms with Crippen molar-refractivity contribution in [3.8, 4) is 0 Å². The number of piperidine rings is 1. The number of carbonyl (C=O) groups excluding carboxylic acids is 1. The summed E-state index contributed by atoms with van der Waals surface area (Å²) in [7, 11) is 0. The third kappa shape index (κ3) is 4.48. The number of hydrogen-bond donors (Lipinski definition) is 2. The number of pyridine rings is 1. The molecule has 1 saturated heterocycles. The number of aromatic nitrogens is 1. The summed E-state index contributed by atoms with van der Waals surface area (Å²) in [5, 5.41) is 2.56. The second-order valence-corrected chi connectivity index (χ2v) is 7.82. The van der Waals surface area contributed by atoms with Crippen molar-refractivity contribution in [1.82, 2.24) is 4.98 Å². The molecular formula is C20H20F5N3OS. The molecule has 4 nitrogen and oxygen atoms in total. The highest BCUT2D eigenvalue weighted by atomic mass is 32.1. The van der Waals surface area contributed by atoms with Gasteiger partial charge >= 0.3 is 6.18 Å². The van der Waals surface area contributed by atoms with Gasteiger partial charge in [-0.25, -0.2) is 8.78 Å². The Balaban J connectivity index is 2.06. The molecule has 1 aliphatic rings. The summed E-state index contributed by atoms with van der Waals surface area (Å²) >= 11 is 4.99. The molecule has 10 heteroatoms. The molecule has 1 aliphatic heterocycles. The highest BCUT2D eigenvalue weighted by molar-refractivity contribution is 7.71. The zero-order chi connectivity index (χ0) is 22.3. The minimum absolute atomic E-state index is 0.0704. The Morgan fingerprint density at radius 2 is 2.00 bits per heavy atom. The molecule has 1 atom stereocenters. The molecule has 0 aliphatic carbocycles. The molecule has 162 valence electrons. The standard InChI is InChI=1S/C20H20F5N3OS/c1-11-10-28(8-6-19(11,21)22)15-4-3-14(20(23,24)25)12(2)17(15)18(29)27-13-5-7-26-16(30)9-13/h3-5,7,9,11H,6,8,10H2,1-2H3,(H2,26,27,29,30). The molecule has 1 unspecified atom stereocenters. The Hall–Kier alpha value is -2.49. The van der Waals surface area contributed by atoms with E-state index in [4.69, 9.17) is 12.2 Å². The van der Waals surface area contributed by atoms with Gasteiger partial charge in [0.15, 0.2) is 0 Å². The molecule has 2 N–H and O–H groups in total. The van der Waals surface area contributed by atoms with E-state index in [0.29, 0.717) is 10.3 Å². The van der Waals surface area contributed by atoms with Gasteiger partial charge < -0.3 is 15.2 Å². The van der Waals surface area contributed by atoms with Crippen LogP contribution in [0.25, 0.3) is 0 Å². The van der Waals surface area contributed by atoms with Crippen LogP contribution in [0.15, 0.2) is 30.5 Å². The van der Waals surface area contributed by atoms with Gasteiger partial charge in [-0.3, -0.25) is 4.79 Å². The van der Waals surface area contributed by atoms with Crippen molar-refractivity contribution < 1.29 is 26.7 Å². The van der Waals surface area contributed by atoms with Crippen LogP contribution in [0.1, 0.15) is 34.8 Å². The monoisotopic (exact) mass is 445 g/mol. The summed E-state index contributed by atoms with van der Waals surface area (Å²) in [4.78, 5) is 17.3. The number of nitrogens with zero attached hydrogens (tertiary/aromatic N) is 1. The van der Waals surface area contributed by atoms with Crippen molar-refractivity contribution >= 4 is 29.5 Å². The molecule has 30 heavy (non-hydrogen) atoms. The van der Waals surface area contributed by atoms with Crippen LogP contribution in [0.2, 0.25) is 0 Å². The number of halogens is 5. The second kappa shape index (κ2) is 7.98. The highest BCUT2D eigenvalue weighted by Gasteiger charge is 2.42. The predicted octanol–water partition coefficient (Wildman–Crippen LogP) is 5.81. The zero-order valence-corrected chi connectivity index (χ0v) is 17.1. The van der Waals surface area contributed by atoms with E-state index < -0.39 is 35.9 Å². The lowest BCUT2D eigenvalue weighted by Gasteiger charge is -2.39. The van der Waals surface area contributed by atoms with Gasteiger partial charge in [0.25, 0.3) is 11.8 Å². The van der Waals surface area contributed by atoms with Gasteiger partial charge in [-0.05, 0) is 36.8 Å². The molecule has 0 saturated carbocycles. The topological polar surface area (TPSA) is 48.1 Å². The van der Waals surface area contributed by atoms with Gasteiger partial charge in [0.1, 0.15) is 4.64 Å². The Labute approximate surface area is 175 Å². The summed E-state index contributed by atoms with van der Waals surface area (Å²) in [5.74, 6) is -4.63. The Bertz CT molecular complexity index is 1020. The number of rotatable bonds is 3. The van der Waals surface area contributed by atoms with Crippen LogP contribution in [0, 0.1) is 17.5 Å². The molecule has 1 fully saturated rings. The van der Waals surface area contributed by atoms with Crippen molar-refractivity contribution in [3.05, 3.63) is 51.8 Å². The number of amides is 1. The lowest BCUT2D eigenvalue weighted by molar-refractivity contribution is -0.138. The maximum Gasteiger partial charge on any atom is 0.416 e. The smallest absolute Gasteiger partial charge is 0.370 e. The van der Waals surface area contributed by atoms with Crippen molar-refractivity contribution in [2.24, 2.45) is 5.92 Å². The zero-order valence-electron chi connectivity index (χ0n) is 16.2. The maximum atomic E-state index is 13.9. The summed E-state index contributed by atoms with van der Waals surface area (Å²) in [6.07, 6.45) is -3.61. The van der Waals surface area contributed by atoms with Crippen LogP contribution in [0.5, 0.6) is 0 Å². The first-order valence-corrected chi connectivity index (χ1v) is 9.64. The van der Waals surface area contributed by atoms with E-state index in [2.05, 4.69) is 10.3 Å². The van der Waals surface area contributed by atoms with E-state index in [9.17, 15) is 26.7 Å². The van der Waals surface area contributed by atoms with Crippen LogP contribution < -0.4 is 10.2 Å². The quantitative estimate of drug-likeness (QED) is 0.463. The van der Waals surface area contributed by atoms with Gasteiger partial charge in [0.2, 0.25) is 0 Å². The van der Waals surface area contributed by atoms with E-state index in [1.54, 1.807) is 4.90 Å². The molecule has 1 amide bonds. The molecule has 2 heterocycles. The average molecular weight is 445 g/mol. The molecule has 3 rings (SSSR count).